The van der Waals surface area contributed by atoms with Crippen LogP contribution in [0, 0.1) is 5.82 Å². The molecule has 1 N–H and O–H groups in total. The number of hydrogen-bond donors (Lipinski definition) is 1. The Morgan fingerprint density at radius 2 is 1.97 bits per heavy atom. The van der Waals surface area contributed by atoms with Crippen molar-refractivity contribution < 1.29 is 18.7 Å². The van der Waals surface area contributed by atoms with Gasteiger partial charge in [-0.15, -0.1) is 0 Å². The van der Waals surface area contributed by atoms with Gasteiger partial charge in [0.05, 0.1) is 6.61 Å². The predicted octanol–water partition coefficient (Wildman–Crippen LogP) is 4.80. The molecule has 1 aromatic heterocycles. The quantitative estimate of drug-likeness (QED) is 0.556. The Bertz CT molecular complexity index is 1110. The summed E-state index contributed by atoms with van der Waals surface area (Å²) in [7, 11) is 0. The Labute approximate surface area is 182 Å². The van der Waals surface area contributed by atoms with Crippen LogP contribution in [0.3, 0.4) is 0 Å². The SMILES string of the molecule is CCOC(=O)C1c2[nH]c3ccc(Br)cc3c2CCN(C(=O)c2ccc(F)cc2)C1C. The van der Waals surface area contributed by atoms with Gasteiger partial charge >= 0.3 is 5.97 Å². The highest BCUT2D eigenvalue weighted by Crippen LogP contribution is 2.37. The monoisotopic (exact) mass is 472 g/mol. The second-order valence-corrected chi connectivity index (χ2v) is 8.35. The maximum absolute atomic E-state index is 13.3. The van der Waals surface area contributed by atoms with Crippen molar-refractivity contribution in [3.63, 3.8) is 0 Å². The molecule has 5 nitrogen and oxygen atoms in total. The van der Waals surface area contributed by atoms with Gasteiger partial charge in [-0.3, -0.25) is 9.59 Å². The standard InChI is InChI=1S/C23H22BrFN2O3/c1-3-30-23(29)20-13(2)27(22(28)14-4-7-16(25)8-5-14)11-10-17-18-12-15(24)6-9-19(18)26-21(17)20/h4-9,12-13,20,26H,3,10-11H2,1-2H3. The zero-order valence-electron chi connectivity index (χ0n) is 16.7. The fourth-order valence-corrected chi connectivity index (χ4v) is 4.59. The molecule has 0 radical (unpaired) electrons. The zero-order valence-corrected chi connectivity index (χ0v) is 18.3. The fourth-order valence-electron chi connectivity index (χ4n) is 4.22. The number of ether oxygens (including phenoxy) is 1. The molecule has 2 atom stereocenters. The van der Waals surface area contributed by atoms with Crippen LogP contribution >= 0.6 is 15.9 Å². The predicted molar refractivity (Wildman–Crippen MR) is 116 cm³/mol. The van der Waals surface area contributed by atoms with Crippen LogP contribution in [-0.2, 0) is 16.0 Å². The lowest BCUT2D eigenvalue weighted by molar-refractivity contribution is -0.146. The number of carbonyl (C=O) groups is 2. The molecule has 1 aliphatic heterocycles. The average Bonchev–Trinajstić information content (AvgIpc) is 2.98. The van der Waals surface area contributed by atoms with Gasteiger partial charge in [0.1, 0.15) is 11.7 Å². The maximum atomic E-state index is 13.3. The second-order valence-electron chi connectivity index (χ2n) is 7.43. The second kappa shape index (κ2) is 8.22. The third-order valence-corrected chi connectivity index (χ3v) is 6.17. The van der Waals surface area contributed by atoms with Crippen molar-refractivity contribution in [1.82, 2.24) is 9.88 Å². The summed E-state index contributed by atoms with van der Waals surface area (Å²) in [5.74, 6) is -1.63. The molecular formula is C23H22BrFN2O3. The van der Waals surface area contributed by atoms with E-state index in [4.69, 9.17) is 4.74 Å². The number of rotatable bonds is 3. The number of benzene rings is 2. The van der Waals surface area contributed by atoms with Crippen molar-refractivity contribution in [3.8, 4) is 0 Å². The van der Waals surface area contributed by atoms with Crippen LogP contribution in [0.25, 0.3) is 10.9 Å². The van der Waals surface area contributed by atoms with E-state index < -0.39 is 17.8 Å². The van der Waals surface area contributed by atoms with Gasteiger partial charge in [-0.05, 0) is 68.3 Å². The van der Waals surface area contributed by atoms with E-state index in [0.29, 0.717) is 18.5 Å². The first kappa shape index (κ1) is 20.6. The molecule has 156 valence electrons. The third-order valence-electron chi connectivity index (χ3n) is 5.68. The van der Waals surface area contributed by atoms with Crippen molar-refractivity contribution >= 4 is 38.7 Å². The van der Waals surface area contributed by atoms with E-state index in [9.17, 15) is 14.0 Å². The van der Waals surface area contributed by atoms with E-state index in [2.05, 4.69) is 20.9 Å². The van der Waals surface area contributed by atoms with E-state index in [-0.39, 0.29) is 18.5 Å². The summed E-state index contributed by atoms with van der Waals surface area (Å²) >= 11 is 3.52. The number of carbonyl (C=O) groups excluding carboxylic acids is 2. The molecule has 0 spiro atoms. The van der Waals surface area contributed by atoms with Crippen LogP contribution < -0.4 is 0 Å². The van der Waals surface area contributed by atoms with Crippen molar-refractivity contribution in [2.45, 2.75) is 32.2 Å². The number of nitrogens with one attached hydrogen (secondary N) is 1. The summed E-state index contributed by atoms with van der Waals surface area (Å²) in [6.45, 7) is 4.33. The minimum atomic E-state index is -0.641. The van der Waals surface area contributed by atoms with Crippen molar-refractivity contribution in [3.05, 3.63) is 69.6 Å². The normalized spacial score (nSPS) is 18.7. The highest BCUT2D eigenvalue weighted by atomic mass is 79.9. The van der Waals surface area contributed by atoms with Gasteiger partial charge in [0, 0.05) is 39.2 Å². The molecule has 3 aromatic rings. The van der Waals surface area contributed by atoms with Crippen LogP contribution in [0.15, 0.2) is 46.9 Å². The van der Waals surface area contributed by atoms with Crippen molar-refractivity contribution in [2.75, 3.05) is 13.2 Å². The van der Waals surface area contributed by atoms with Crippen molar-refractivity contribution in [1.29, 1.82) is 0 Å². The summed E-state index contributed by atoms with van der Waals surface area (Å²) in [6, 6.07) is 11.0. The molecule has 1 amide bonds. The molecule has 0 saturated heterocycles. The van der Waals surface area contributed by atoms with Gasteiger partial charge in [-0.1, -0.05) is 15.9 Å². The Hall–Kier alpha value is -2.67. The van der Waals surface area contributed by atoms with Crippen molar-refractivity contribution in [2.24, 2.45) is 0 Å². The van der Waals surface area contributed by atoms with Gasteiger partial charge in [-0.25, -0.2) is 4.39 Å². The van der Waals surface area contributed by atoms with E-state index in [1.54, 1.807) is 11.8 Å². The molecule has 2 unspecified atom stereocenters. The minimum absolute atomic E-state index is 0.229. The molecule has 2 heterocycles. The molecule has 0 aliphatic carbocycles. The van der Waals surface area contributed by atoms with Gasteiger partial charge in [0.25, 0.3) is 5.91 Å². The lowest BCUT2D eigenvalue weighted by atomic mass is 9.94. The number of aromatic amines is 1. The van der Waals surface area contributed by atoms with E-state index >= 15 is 0 Å². The number of nitrogens with zero attached hydrogens (tertiary/aromatic N) is 1. The Kier molecular flexibility index (Phi) is 5.64. The lowest BCUT2D eigenvalue weighted by Crippen LogP contribution is -2.44. The number of hydrogen-bond acceptors (Lipinski definition) is 3. The van der Waals surface area contributed by atoms with Gasteiger partial charge < -0.3 is 14.6 Å². The third kappa shape index (κ3) is 3.62. The van der Waals surface area contributed by atoms with E-state index in [1.165, 1.54) is 24.3 Å². The van der Waals surface area contributed by atoms with Crippen LogP contribution in [0.5, 0.6) is 0 Å². The van der Waals surface area contributed by atoms with Gasteiger partial charge in [-0.2, -0.15) is 0 Å². The van der Waals surface area contributed by atoms with Crippen LogP contribution in [0.2, 0.25) is 0 Å². The Morgan fingerprint density at radius 3 is 2.67 bits per heavy atom. The smallest absolute Gasteiger partial charge is 0.317 e. The number of esters is 1. The highest BCUT2D eigenvalue weighted by molar-refractivity contribution is 9.10. The average molecular weight is 473 g/mol. The number of amides is 1. The topological polar surface area (TPSA) is 62.4 Å². The first-order valence-electron chi connectivity index (χ1n) is 9.94. The van der Waals surface area contributed by atoms with Gasteiger partial charge in [0.15, 0.2) is 0 Å². The minimum Gasteiger partial charge on any atom is -0.465 e. The Balaban J connectivity index is 1.79. The summed E-state index contributed by atoms with van der Waals surface area (Å²) in [4.78, 5) is 31.3. The molecule has 1 aliphatic rings. The molecule has 0 saturated carbocycles. The van der Waals surface area contributed by atoms with E-state index in [1.807, 2.05) is 25.1 Å². The summed E-state index contributed by atoms with van der Waals surface area (Å²) in [5.41, 5.74) is 3.15. The number of H-pyrrole nitrogens is 1. The molecular weight excluding hydrogens is 451 g/mol. The number of fused-ring (bicyclic) bond motifs is 3. The molecule has 2 aromatic carbocycles. The molecule has 0 fully saturated rings. The van der Waals surface area contributed by atoms with Gasteiger partial charge in [0.2, 0.25) is 0 Å². The maximum Gasteiger partial charge on any atom is 0.317 e. The fraction of sp³-hybridized carbons (Fsp3) is 0.304. The number of halogens is 2. The van der Waals surface area contributed by atoms with E-state index in [0.717, 1.165) is 26.6 Å². The largest absolute Gasteiger partial charge is 0.465 e. The first-order chi connectivity index (χ1) is 14.4. The molecule has 0 bridgehead atoms. The Morgan fingerprint density at radius 1 is 1.23 bits per heavy atom. The number of aromatic nitrogens is 1. The van der Waals surface area contributed by atoms with Crippen LogP contribution in [0.4, 0.5) is 4.39 Å². The highest BCUT2D eigenvalue weighted by Gasteiger charge is 2.40. The summed E-state index contributed by atoms with van der Waals surface area (Å²) in [6.07, 6.45) is 0.596. The lowest BCUT2D eigenvalue weighted by Gasteiger charge is -2.31. The summed E-state index contributed by atoms with van der Waals surface area (Å²) < 4.78 is 19.6. The molecule has 30 heavy (non-hydrogen) atoms. The molecule has 4 rings (SSSR count). The van der Waals surface area contributed by atoms with Crippen LogP contribution in [0.1, 0.15) is 41.4 Å². The first-order valence-corrected chi connectivity index (χ1v) is 10.7. The van der Waals surface area contributed by atoms with Crippen LogP contribution in [-0.4, -0.2) is 41.0 Å². The zero-order chi connectivity index (χ0) is 21.4. The summed E-state index contributed by atoms with van der Waals surface area (Å²) in [5, 5.41) is 1.02. The molecule has 7 heteroatoms.